The van der Waals surface area contributed by atoms with Gasteiger partial charge in [-0.25, -0.2) is 0 Å². The van der Waals surface area contributed by atoms with Gasteiger partial charge in [0, 0.05) is 6.42 Å². The molecule has 2 N–H and O–H groups in total. The molecule has 1 aliphatic rings. The number of aliphatic hydroxyl groups excluding tert-OH is 2. The quantitative estimate of drug-likeness (QED) is 0.366. The molecule has 1 aliphatic heterocycles. The molecule has 0 aliphatic carbocycles. The van der Waals surface area contributed by atoms with E-state index < -0.39 is 32.6 Å². The van der Waals surface area contributed by atoms with Crippen molar-refractivity contribution < 1.29 is 88.7 Å². The smallest absolute Gasteiger partial charge is 0.686 e. The second-order valence-electron chi connectivity index (χ2n) is 2.65. The molecule has 0 bridgehead atoms. The zero-order valence-corrected chi connectivity index (χ0v) is 13.0. The van der Waals surface area contributed by atoms with Crippen LogP contribution in [0.25, 0.3) is 0 Å². The first-order chi connectivity index (χ1) is 5.45. The maximum Gasteiger partial charge on any atom is 1.00 e. The molecular formula is C5H9Na2O6P. The third kappa shape index (κ3) is 5.01. The van der Waals surface area contributed by atoms with Gasteiger partial charge in [-0.2, -0.15) is 0 Å². The van der Waals surface area contributed by atoms with Crippen molar-refractivity contribution in [2.45, 2.75) is 24.5 Å². The Kier molecular flexibility index (Phi) is 9.94. The molecule has 3 atom stereocenters. The van der Waals surface area contributed by atoms with Crippen LogP contribution in [0.1, 0.15) is 6.42 Å². The van der Waals surface area contributed by atoms with E-state index in [4.69, 9.17) is 10.2 Å². The summed E-state index contributed by atoms with van der Waals surface area (Å²) in [6.45, 7) is -0.488. The predicted octanol–water partition coefficient (Wildman–Crippen LogP) is -9.69. The third-order valence-corrected chi connectivity index (χ3v) is 2.77. The van der Waals surface area contributed by atoms with Crippen LogP contribution < -0.4 is 73.8 Å². The van der Waals surface area contributed by atoms with Crippen LogP contribution in [0.3, 0.4) is 0 Å². The molecule has 9 heteroatoms. The largest absolute Gasteiger partial charge is 1.00 e. The molecule has 1 saturated heterocycles. The molecule has 14 heavy (non-hydrogen) atoms. The number of ether oxygens (including phenoxy) is 1. The summed E-state index contributed by atoms with van der Waals surface area (Å²) >= 11 is 0. The molecule has 72 valence electrons. The van der Waals surface area contributed by atoms with E-state index in [1.165, 1.54) is 0 Å². The Labute approximate surface area is 126 Å². The Morgan fingerprint density at radius 3 is 2.00 bits per heavy atom. The van der Waals surface area contributed by atoms with E-state index in [2.05, 4.69) is 4.74 Å². The fourth-order valence-corrected chi connectivity index (χ4v) is 1.85. The van der Waals surface area contributed by atoms with Gasteiger partial charge in [0.2, 0.25) is 0 Å². The second-order valence-corrected chi connectivity index (χ2v) is 4.31. The van der Waals surface area contributed by atoms with E-state index >= 15 is 0 Å². The Hall–Kier alpha value is 2.19. The van der Waals surface area contributed by atoms with Crippen LogP contribution in [-0.2, 0) is 4.74 Å². The molecule has 1 fully saturated rings. The molecule has 1 unspecified atom stereocenters. The van der Waals surface area contributed by atoms with E-state index in [9.17, 15) is 14.7 Å². The van der Waals surface area contributed by atoms with Crippen molar-refractivity contribution in [3.05, 3.63) is 0 Å². The molecule has 1 rings (SSSR count). The summed E-state index contributed by atoms with van der Waals surface area (Å²) in [6.07, 6.45) is -2.28. The molecular weight excluding hydrogens is 233 g/mol. The topological polar surface area (TPSA) is 119 Å². The van der Waals surface area contributed by atoms with Crippen molar-refractivity contribution in [1.29, 1.82) is 0 Å². The average Bonchev–Trinajstić information content (AvgIpc) is 2.29. The molecule has 0 spiro atoms. The molecule has 0 saturated carbocycles. The fraction of sp³-hybridized carbons (Fsp3) is 1.00. The first-order valence-corrected chi connectivity index (χ1v) is 5.02. The summed E-state index contributed by atoms with van der Waals surface area (Å²) in [4.78, 5) is 31.2. The summed E-state index contributed by atoms with van der Waals surface area (Å²) in [5.41, 5.74) is 0. The van der Waals surface area contributed by atoms with Gasteiger partial charge in [0.25, 0.3) is 0 Å². The van der Waals surface area contributed by atoms with Crippen molar-refractivity contribution in [3.63, 3.8) is 0 Å². The first-order valence-electron chi connectivity index (χ1n) is 3.41. The summed E-state index contributed by atoms with van der Waals surface area (Å²) < 4.78 is 4.60. The summed E-state index contributed by atoms with van der Waals surface area (Å²) in [6, 6.07) is 0. The minimum absolute atomic E-state index is 0. The minimum atomic E-state index is -4.79. The van der Waals surface area contributed by atoms with Crippen LogP contribution in [0.4, 0.5) is 0 Å². The zero-order valence-electron chi connectivity index (χ0n) is 8.12. The van der Waals surface area contributed by atoms with Crippen LogP contribution in [0, 0.1) is 0 Å². The summed E-state index contributed by atoms with van der Waals surface area (Å²) in [5, 5.41) is 17.6. The predicted molar refractivity (Wildman–Crippen MR) is 33.3 cm³/mol. The van der Waals surface area contributed by atoms with Crippen LogP contribution >= 0.6 is 7.94 Å². The van der Waals surface area contributed by atoms with Gasteiger partial charge in [0.15, 0.2) is 5.85 Å². The van der Waals surface area contributed by atoms with Crippen LogP contribution in [-0.4, -0.2) is 34.9 Å². The molecule has 0 aromatic rings. The number of aliphatic hydroxyl groups is 2. The van der Waals surface area contributed by atoms with Gasteiger partial charge >= 0.3 is 59.1 Å². The number of hydrogen-bond donors (Lipinski definition) is 2. The minimum Gasteiger partial charge on any atom is -0.686 e. The van der Waals surface area contributed by atoms with Crippen molar-refractivity contribution >= 4 is 7.94 Å². The molecule has 0 aromatic carbocycles. The molecule has 0 amide bonds. The van der Waals surface area contributed by atoms with Crippen molar-refractivity contribution in [1.82, 2.24) is 0 Å². The van der Waals surface area contributed by atoms with Gasteiger partial charge in [0.05, 0.1) is 12.7 Å². The zero-order chi connectivity index (χ0) is 9.35. The van der Waals surface area contributed by atoms with E-state index in [-0.39, 0.29) is 65.5 Å². The number of hydrogen-bond acceptors (Lipinski definition) is 6. The van der Waals surface area contributed by atoms with E-state index in [0.717, 1.165) is 0 Å². The Morgan fingerprint density at radius 1 is 1.29 bits per heavy atom. The van der Waals surface area contributed by atoms with Crippen LogP contribution in [0.15, 0.2) is 0 Å². The van der Waals surface area contributed by atoms with Crippen LogP contribution in [0.5, 0.6) is 0 Å². The molecule has 6 nitrogen and oxygen atoms in total. The van der Waals surface area contributed by atoms with Crippen molar-refractivity contribution in [2.24, 2.45) is 0 Å². The van der Waals surface area contributed by atoms with Crippen molar-refractivity contribution in [2.75, 3.05) is 6.61 Å². The normalized spacial score (nSPS) is 31.9. The average molecular weight is 242 g/mol. The fourth-order valence-electron chi connectivity index (χ4n) is 1.07. The third-order valence-electron chi connectivity index (χ3n) is 1.74. The van der Waals surface area contributed by atoms with E-state index in [1.54, 1.807) is 0 Å². The second kappa shape index (κ2) is 7.50. The first kappa shape index (κ1) is 18.6. The maximum absolute atomic E-state index is 10.4. The summed E-state index contributed by atoms with van der Waals surface area (Å²) in [7, 11) is -4.79. The van der Waals surface area contributed by atoms with E-state index in [1.807, 2.05) is 0 Å². The van der Waals surface area contributed by atoms with Gasteiger partial charge < -0.3 is 29.6 Å². The van der Waals surface area contributed by atoms with Gasteiger partial charge in [-0.15, -0.1) is 7.94 Å². The monoisotopic (exact) mass is 242 g/mol. The van der Waals surface area contributed by atoms with Gasteiger partial charge in [-0.05, 0) is 0 Å². The summed E-state index contributed by atoms with van der Waals surface area (Å²) in [5.74, 6) is -1.50. The molecule has 0 radical (unpaired) electrons. The number of rotatable bonds is 2. The molecule has 1 heterocycles. The van der Waals surface area contributed by atoms with Crippen molar-refractivity contribution in [3.8, 4) is 0 Å². The van der Waals surface area contributed by atoms with Crippen LogP contribution in [0.2, 0.25) is 0 Å². The Morgan fingerprint density at radius 2 is 1.79 bits per heavy atom. The maximum atomic E-state index is 10.4. The SMILES string of the molecule is [Na+].[Na+].[O-][P+]([O-])([O-])C1C[C@H](O)[C@@H](CO)O1. The van der Waals surface area contributed by atoms with E-state index in [0.29, 0.717) is 0 Å². The standard InChI is InChI=1S/C5H11O6P.2Na/c6-2-4-3(7)1-5(11-4)12(8,9)10;;/h3-7H,1-2H2,(H2,8,9,10);;/q;2*+1/p-2/t3-,4+,5?;;/m0../s1. The van der Waals surface area contributed by atoms with Gasteiger partial charge in [-0.3, -0.25) is 0 Å². The molecule has 0 aromatic heterocycles. The Bertz CT molecular complexity index is 165. The Balaban J connectivity index is 0. The van der Waals surface area contributed by atoms with Gasteiger partial charge in [0.1, 0.15) is 6.10 Å². The van der Waals surface area contributed by atoms with Gasteiger partial charge in [-0.1, -0.05) is 0 Å².